The molecule has 3 rings (SSSR count). The molecule has 3 aromatic rings. The van der Waals surface area contributed by atoms with Crippen LogP contribution in [0.1, 0.15) is 0 Å². The average molecular weight is 340 g/mol. The molecule has 0 spiro atoms. The molecule has 0 radical (unpaired) electrons. The first-order valence-corrected chi connectivity index (χ1v) is 10.5. The highest BCUT2D eigenvalue weighted by Gasteiger charge is 2.16. The Bertz CT molecular complexity index is 834. The molecule has 116 valence electrons. The van der Waals surface area contributed by atoms with Crippen molar-refractivity contribution in [2.45, 2.75) is 4.90 Å². The van der Waals surface area contributed by atoms with E-state index in [9.17, 15) is 8.42 Å². The van der Waals surface area contributed by atoms with Gasteiger partial charge in [0.1, 0.15) is 0 Å². The Balaban J connectivity index is 2.09. The van der Waals surface area contributed by atoms with Crippen LogP contribution in [-0.4, -0.2) is 14.7 Å². The maximum Gasteiger partial charge on any atom is 0.175 e. The lowest BCUT2D eigenvalue weighted by molar-refractivity contribution is 0.602. The number of hydrogen-bond donors (Lipinski definition) is 0. The van der Waals surface area contributed by atoms with E-state index in [2.05, 4.69) is 24.3 Å². The lowest BCUT2D eigenvalue weighted by Gasteiger charge is -2.19. The van der Waals surface area contributed by atoms with Gasteiger partial charge in [0.15, 0.2) is 9.84 Å². The van der Waals surface area contributed by atoms with Gasteiger partial charge in [-0.05, 0) is 36.0 Å². The summed E-state index contributed by atoms with van der Waals surface area (Å²) >= 11 is 0. The normalized spacial score (nSPS) is 11.6. The molecule has 0 amide bonds. The fourth-order valence-electron chi connectivity index (χ4n) is 2.44. The third-order valence-electron chi connectivity index (χ3n) is 3.55. The topological polar surface area (TPSA) is 34.1 Å². The second-order valence-corrected chi connectivity index (χ2v) is 9.51. The molecular weight excluding hydrogens is 323 g/mol. The van der Waals surface area contributed by atoms with E-state index < -0.39 is 17.8 Å². The third-order valence-corrected chi connectivity index (χ3v) is 7.12. The van der Waals surface area contributed by atoms with Crippen LogP contribution in [0, 0.1) is 0 Å². The number of benzene rings is 3. The van der Waals surface area contributed by atoms with Gasteiger partial charge >= 0.3 is 0 Å². The summed E-state index contributed by atoms with van der Waals surface area (Å²) in [5, 5.41) is 3.64. The van der Waals surface area contributed by atoms with Crippen molar-refractivity contribution in [2.24, 2.45) is 0 Å². The molecule has 0 fully saturated rings. The number of hydrogen-bond acceptors (Lipinski definition) is 2. The molecule has 0 aliphatic rings. The minimum Gasteiger partial charge on any atom is -0.224 e. The number of rotatable bonds is 4. The zero-order valence-corrected chi connectivity index (χ0v) is 14.5. The van der Waals surface area contributed by atoms with Gasteiger partial charge in [-0.2, -0.15) is 0 Å². The first-order chi connectivity index (χ1) is 11.1. The Kier molecular flexibility index (Phi) is 4.61. The first-order valence-electron chi connectivity index (χ1n) is 7.26. The van der Waals surface area contributed by atoms with Gasteiger partial charge in [-0.3, -0.25) is 0 Å². The molecule has 0 saturated heterocycles. The van der Waals surface area contributed by atoms with Crippen molar-refractivity contribution in [1.29, 1.82) is 0 Å². The minimum absolute atomic E-state index is 0.359. The van der Waals surface area contributed by atoms with E-state index in [1.54, 1.807) is 12.1 Å². The van der Waals surface area contributed by atoms with Crippen molar-refractivity contribution in [3.8, 4) is 0 Å². The molecule has 4 heteroatoms. The molecule has 0 bridgehead atoms. The maximum atomic E-state index is 11.7. The van der Waals surface area contributed by atoms with Crippen molar-refractivity contribution < 1.29 is 8.42 Å². The Morgan fingerprint density at radius 3 is 1.39 bits per heavy atom. The standard InChI is InChI=1S/C19H17O2PS/c1-23(20,21)19-14-12-18(13-15-19)22(16-8-4-2-5-9-16)17-10-6-3-7-11-17/h2-15H,1H3. The summed E-state index contributed by atoms with van der Waals surface area (Å²) in [5.74, 6) is 0. The lowest BCUT2D eigenvalue weighted by atomic mass is 10.3. The van der Waals surface area contributed by atoms with E-state index in [-0.39, 0.29) is 0 Å². The van der Waals surface area contributed by atoms with Gasteiger partial charge in [-0.1, -0.05) is 72.8 Å². The zero-order chi connectivity index (χ0) is 16.3. The van der Waals surface area contributed by atoms with E-state index in [1.807, 2.05) is 48.5 Å². The van der Waals surface area contributed by atoms with E-state index >= 15 is 0 Å². The Hall–Kier alpha value is -1.96. The third kappa shape index (κ3) is 3.69. The molecule has 0 unspecified atom stereocenters. The highest BCUT2D eigenvalue weighted by Crippen LogP contribution is 2.32. The van der Waals surface area contributed by atoms with Gasteiger partial charge in [-0.25, -0.2) is 8.42 Å². The van der Waals surface area contributed by atoms with Gasteiger partial charge in [0.25, 0.3) is 0 Å². The fourth-order valence-corrected chi connectivity index (χ4v) is 5.36. The number of sulfone groups is 1. The van der Waals surface area contributed by atoms with Crippen LogP contribution in [0.4, 0.5) is 0 Å². The van der Waals surface area contributed by atoms with Crippen LogP contribution in [0.2, 0.25) is 0 Å². The van der Waals surface area contributed by atoms with Gasteiger partial charge in [-0.15, -0.1) is 0 Å². The van der Waals surface area contributed by atoms with Gasteiger partial charge in [0.05, 0.1) is 4.90 Å². The van der Waals surface area contributed by atoms with E-state index in [4.69, 9.17) is 0 Å². The summed E-state index contributed by atoms with van der Waals surface area (Å²) in [6.07, 6.45) is 1.24. The van der Waals surface area contributed by atoms with Crippen LogP contribution < -0.4 is 15.9 Å². The van der Waals surface area contributed by atoms with Crippen LogP contribution in [0.25, 0.3) is 0 Å². The average Bonchev–Trinajstić information content (AvgIpc) is 2.57. The lowest BCUT2D eigenvalue weighted by Crippen LogP contribution is -2.20. The molecule has 2 nitrogen and oxygen atoms in total. The van der Waals surface area contributed by atoms with Crippen LogP contribution in [-0.2, 0) is 9.84 Å². The minimum atomic E-state index is -3.17. The molecule has 0 N–H and O–H groups in total. The summed E-state index contributed by atoms with van der Waals surface area (Å²) in [6, 6.07) is 28.0. The smallest absolute Gasteiger partial charge is 0.175 e. The molecular formula is C19H17O2PS. The molecule has 0 saturated carbocycles. The monoisotopic (exact) mass is 340 g/mol. The second-order valence-electron chi connectivity index (χ2n) is 5.27. The van der Waals surface area contributed by atoms with Crippen molar-refractivity contribution in [3.63, 3.8) is 0 Å². The summed E-state index contributed by atoms with van der Waals surface area (Å²) < 4.78 is 23.3. The Morgan fingerprint density at radius 1 is 0.609 bits per heavy atom. The summed E-state index contributed by atoms with van der Waals surface area (Å²) in [4.78, 5) is 0.359. The summed E-state index contributed by atoms with van der Waals surface area (Å²) in [5.41, 5.74) is 0. The van der Waals surface area contributed by atoms with Crippen LogP contribution in [0.15, 0.2) is 89.8 Å². The molecule has 3 aromatic carbocycles. The Morgan fingerprint density at radius 2 is 1.00 bits per heavy atom. The molecule has 0 aromatic heterocycles. The summed E-state index contributed by atoms with van der Waals surface area (Å²) in [6.45, 7) is 0. The van der Waals surface area contributed by atoms with E-state index in [1.165, 1.54) is 16.9 Å². The largest absolute Gasteiger partial charge is 0.224 e. The van der Waals surface area contributed by atoms with Crippen molar-refractivity contribution in [3.05, 3.63) is 84.9 Å². The van der Waals surface area contributed by atoms with Crippen LogP contribution in [0.3, 0.4) is 0 Å². The zero-order valence-electron chi connectivity index (χ0n) is 12.8. The highest BCUT2D eigenvalue weighted by molar-refractivity contribution is 7.90. The molecule has 0 atom stereocenters. The second kappa shape index (κ2) is 6.66. The predicted molar refractivity (Wildman–Crippen MR) is 98.3 cm³/mol. The highest BCUT2D eigenvalue weighted by atomic mass is 32.2. The van der Waals surface area contributed by atoms with E-state index in [0.29, 0.717) is 4.90 Å². The van der Waals surface area contributed by atoms with Crippen molar-refractivity contribution in [1.82, 2.24) is 0 Å². The maximum absolute atomic E-state index is 11.7. The van der Waals surface area contributed by atoms with Gasteiger partial charge in [0, 0.05) is 6.26 Å². The van der Waals surface area contributed by atoms with Gasteiger partial charge in [0.2, 0.25) is 0 Å². The quantitative estimate of drug-likeness (QED) is 0.685. The SMILES string of the molecule is CS(=O)(=O)c1ccc(P(c2ccccc2)c2ccccc2)cc1. The molecule has 0 heterocycles. The molecule has 23 heavy (non-hydrogen) atoms. The van der Waals surface area contributed by atoms with E-state index in [0.717, 1.165) is 5.30 Å². The van der Waals surface area contributed by atoms with Crippen LogP contribution in [0.5, 0.6) is 0 Å². The van der Waals surface area contributed by atoms with Crippen LogP contribution >= 0.6 is 7.92 Å². The predicted octanol–water partition coefficient (Wildman–Crippen LogP) is 2.85. The molecule has 0 aliphatic carbocycles. The first kappa shape index (κ1) is 15.9. The fraction of sp³-hybridized carbons (Fsp3) is 0.0526. The molecule has 0 aliphatic heterocycles. The van der Waals surface area contributed by atoms with Crippen molar-refractivity contribution >= 4 is 33.7 Å². The Labute approximate surface area is 138 Å². The summed E-state index contributed by atoms with van der Waals surface area (Å²) in [7, 11) is -3.86. The van der Waals surface area contributed by atoms with Gasteiger partial charge < -0.3 is 0 Å². The van der Waals surface area contributed by atoms with Crippen molar-refractivity contribution in [2.75, 3.05) is 6.26 Å².